The van der Waals surface area contributed by atoms with Crippen LogP contribution in [0.3, 0.4) is 0 Å². The van der Waals surface area contributed by atoms with Crippen LogP contribution < -0.4 is 4.90 Å². The Morgan fingerprint density at radius 3 is 2.89 bits per heavy atom. The highest BCUT2D eigenvalue weighted by Crippen LogP contribution is 2.24. The molecule has 1 aromatic carbocycles. The first-order valence-corrected chi connectivity index (χ1v) is 11.0. The summed E-state index contributed by atoms with van der Waals surface area (Å²) in [7, 11) is 1.93. The van der Waals surface area contributed by atoms with Crippen molar-refractivity contribution in [1.29, 1.82) is 0 Å². The molecule has 0 unspecified atom stereocenters. The monoisotopic (exact) mass is 412 g/mol. The minimum Gasteiger partial charge on any atom is -0.312 e. The predicted molar refractivity (Wildman–Crippen MR) is 111 cm³/mol. The van der Waals surface area contributed by atoms with Crippen molar-refractivity contribution in [3.05, 3.63) is 58.0 Å². The molecular weight excluding hydrogens is 392 g/mol. The summed E-state index contributed by atoms with van der Waals surface area (Å²) in [6.07, 6.45) is 2.18. The number of benzene rings is 1. The topological polar surface area (TPSA) is 68.1 Å². The maximum atomic E-state index is 12.7. The van der Waals surface area contributed by atoms with Crippen molar-refractivity contribution >= 4 is 40.5 Å². The molecule has 0 bridgehead atoms. The van der Waals surface area contributed by atoms with Gasteiger partial charge in [-0.15, -0.1) is 21.5 Å². The summed E-state index contributed by atoms with van der Waals surface area (Å²) in [6.45, 7) is 0.719. The van der Waals surface area contributed by atoms with Gasteiger partial charge in [-0.05, 0) is 30.0 Å². The van der Waals surface area contributed by atoms with E-state index in [1.54, 1.807) is 22.3 Å². The van der Waals surface area contributed by atoms with Crippen molar-refractivity contribution in [3.8, 4) is 0 Å². The number of carbonyl (C=O) groups is 2. The van der Waals surface area contributed by atoms with Gasteiger partial charge in [0.15, 0.2) is 10.9 Å². The number of rotatable bonds is 7. The number of amides is 1. The second-order valence-corrected chi connectivity index (χ2v) is 8.60. The second-order valence-electron chi connectivity index (χ2n) is 6.63. The Morgan fingerprint density at radius 1 is 1.25 bits per heavy atom. The molecule has 0 N–H and O–H groups in total. The van der Waals surface area contributed by atoms with Crippen molar-refractivity contribution in [2.75, 3.05) is 17.2 Å². The molecule has 1 aliphatic rings. The van der Waals surface area contributed by atoms with Crippen LogP contribution in [0.1, 0.15) is 33.9 Å². The Morgan fingerprint density at radius 2 is 2.14 bits per heavy atom. The predicted octanol–water partition coefficient (Wildman–Crippen LogP) is 3.57. The van der Waals surface area contributed by atoms with Crippen LogP contribution in [-0.2, 0) is 18.3 Å². The van der Waals surface area contributed by atoms with E-state index in [4.69, 9.17) is 0 Å². The van der Waals surface area contributed by atoms with E-state index in [2.05, 4.69) is 16.3 Å². The molecule has 1 amide bonds. The molecule has 1 saturated heterocycles. The number of ketones is 1. The van der Waals surface area contributed by atoms with Crippen molar-refractivity contribution in [3.63, 3.8) is 0 Å². The normalized spacial score (nSPS) is 14.0. The summed E-state index contributed by atoms with van der Waals surface area (Å²) in [4.78, 5) is 27.6. The van der Waals surface area contributed by atoms with Crippen LogP contribution >= 0.6 is 23.1 Å². The van der Waals surface area contributed by atoms with Crippen molar-refractivity contribution in [1.82, 2.24) is 14.8 Å². The molecular formula is C20H20N4O2S2. The smallest absolute Gasteiger partial charge is 0.227 e. The number of thiophene rings is 1. The van der Waals surface area contributed by atoms with Crippen molar-refractivity contribution in [2.45, 2.75) is 24.4 Å². The number of anilines is 1. The fraction of sp³-hybridized carbons (Fsp3) is 0.300. The number of carbonyl (C=O) groups excluding carboxylic acids is 2. The largest absolute Gasteiger partial charge is 0.312 e. The molecule has 3 heterocycles. The summed E-state index contributed by atoms with van der Waals surface area (Å²) >= 11 is 3.08. The fourth-order valence-corrected chi connectivity index (χ4v) is 4.70. The van der Waals surface area contributed by atoms with Gasteiger partial charge in [0.25, 0.3) is 0 Å². The first kappa shape index (κ1) is 18.9. The summed E-state index contributed by atoms with van der Waals surface area (Å²) in [5.74, 6) is 1.30. The Hall–Kier alpha value is -2.45. The average molecular weight is 413 g/mol. The highest BCUT2D eigenvalue weighted by molar-refractivity contribution is 7.99. The summed E-state index contributed by atoms with van der Waals surface area (Å²) < 4.78 is 1.94. The van der Waals surface area contributed by atoms with Gasteiger partial charge in [-0.1, -0.05) is 30.0 Å². The number of Topliss-reactive ketones (excluding diaryl/α,β-unsaturated/α-hetero) is 1. The van der Waals surface area contributed by atoms with Crippen LogP contribution in [0.5, 0.6) is 0 Å². The van der Waals surface area contributed by atoms with Gasteiger partial charge in [-0.3, -0.25) is 9.59 Å². The van der Waals surface area contributed by atoms with E-state index in [-0.39, 0.29) is 17.4 Å². The highest BCUT2D eigenvalue weighted by Gasteiger charge is 2.22. The lowest BCUT2D eigenvalue weighted by Gasteiger charge is -2.16. The Bertz CT molecular complexity index is 998. The molecule has 0 saturated carbocycles. The lowest BCUT2D eigenvalue weighted by atomic mass is 10.1. The molecule has 2 aromatic heterocycles. The molecule has 144 valence electrons. The van der Waals surface area contributed by atoms with Crippen LogP contribution in [0.4, 0.5) is 5.69 Å². The molecule has 0 aliphatic carbocycles. The van der Waals surface area contributed by atoms with E-state index in [0.717, 1.165) is 36.1 Å². The zero-order chi connectivity index (χ0) is 19.5. The molecule has 0 atom stereocenters. The third kappa shape index (κ3) is 4.02. The number of hydrogen-bond donors (Lipinski definition) is 0. The van der Waals surface area contributed by atoms with Crippen LogP contribution in [0.2, 0.25) is 0 Å². The first-order chi connectivity index (χ1) is 13.6. The van der Waals surface area contributed by atoms with E-state index >= 15 is 0 Å². The third-order valence-electron chi connectivity index (χ3n) is 4.72. The van der Waals surface area contributed by atoms with E-state index in [0.29, 0.717) is 12.0 Å². The maximum absolute atomic E-state index is 12.7. The minimum absolute atomic E-state index is 0.0151. The van der Waals surface area contributed by atoms with E-state index < -0.39 is 0 Å². The summed E-state index contributed by atoms with van der Waals surface area (Å²) in [5.41, 5.74) is 1.42. The molecule has 0 radical (unpaired) electrons. The van der Waals surface area contributed by atoms with Crippen molar-refractivity contribution < 1.29 is 9.59 Å². The molecule has 6 nitrogen and oxygen atoms in total. The van der Waals surface area contributed by atoms with Gasteiger partial charge in [-0.2, -0.15) is 0 Å². The van der Waals surface area contributed by atoms with Crippen molar-refractivity contribution in [2.24, 2.45) is 7.05 Å². The quantitative estimate of drug-likeness (QED) is 0.438. The van der Waals surface area contributed by atoms with Gasteiger partial charge in [0.2, 0.25) is 5.91 Å². The third-order valence-corrected chi connectivity index (χ3v) is 6.62. The lowest BCUT2D eigenvalue weighted by molar-refractivity contribution is -0.117. The van der Waals surface area contributed by atoms with Crippen LogP contribution in [-0.4, -0.2) is 38.8 Å². The van der Waals surface area contributed by atoms with Gasteiger partial charge in [0.05, 0.1) is 5.75 Å². The Kier molecular flexibility index (Phi) is 5.59. The van der Waals surface area contributed by atoms with Crippen LogP contribution in [0, 0.1) is 0 Å². The number of nitrogens with zero attached hydrogens (tertiary/aromatic N) is 4. The van der Waals surface area contributed by atoms with E-state index in [9.17, 15) is 9.59 Å². The molecule has 1 fully saturated rings. The van der Waals surface area contributed by atoms with Gasteiger partial charge in [0, 0.05) is 42.6 Å². The standard InChI is InChI=1S/C20H20N4O2S2/c1-23-18(12-16-7-4-10-27-16)21-22-20(23)28-13-17(25)14-5-2-6-15(11-14)24-9-3-8-19(24)26/h2,4-7,10-11H,3,8-9,12-13H2,1H3. The second kappa shape index (κ2) is 8.28. The maximum Gasteiger partial charge on any atom is 0.227 e. The Labute approximate surface area is 171 Å². The number of thioether (sulfide) groups is 1. The van der Waals surface area contributed by atoms with Gasteiger partial charge < -0.3 is 9.47 Å². The van der Waals surface area contributed by atoms with Gasteiger partial charge in [0.1, 0.15) is 5.82 Å². The molecule has 28 heavy (non-hydrogen) atoms. The molecule has 8 heteroatoms. The van der Waals surface area contributed by atoms with Crippen LogP contribution in [0.15, 0.2) is 46.9 Å². The molecule has 3 aromatic rings. The minimum atomic E-state index is 0.0151. The zero-order valence-electron chi connectivity index (χ0n) is 15.5. The highest BCUT2D eigenvalue weighted by atomic mass is 32.2. The summed E-state index contributed by atoms with van der Waals surface area (Å²) in [5, 5.41) is 11.3. The van der Waals surface area contributed by atoms with E-state index in [1.165, 1.54) is 16.6 Å². The number of aromatic nitrogens is 3. The van der Waals surface area contributed by atoms with Gasteiger partial charge >= 0.3 is 0 Å². The number of hydrogen-bond acceptors (Lipinski definition) is 6. The van der Waals surface area contributed by atoms with Crippen LogP contribution in [0.25, 0.3) is 0 Å². The summed E-state index contributed by atoms with van der Waals surface area (Å²) in [6, 6.07) is 11.4. The molecule has 1 aliphatic heterocycles. The van der Waals surface area contributed by atoms with Gasteiger partial charge in [-0.25, -0.2) is 0 Å². The zero-order valence-corrected chi connectivity index (χ0v) is 17.1. The lowest BCUT2D eigenvalue weighted by Crippen LogP contribution is -2.23. The fourth-order valence-electron chi connectivity index (χ4n) is 3.18. The first-order valence-electron chi connectivity index (χ1n) is 9.09. The van der Waals surface area contributed by atoms with E-state index in [1.807, 2.05) is 41.3 Å². The molecule has 0 spiro atoms. The SMILES string of the molecule is Cn1c(Cc2cccs2)nnc1SCC(=O)c1cccc(N2CCCC2=O)c1. The molecule has 4 rings (SSSR count). The Balaban J connectivity index is 1.41. The average Bonchev–Trinajstić information content (AvgIpc) is 3.44.